The van der Waals surface area contributed by atoms with Gasteiger partial charge in [-0.2, -0.15) is 0 Å². The molecule has 1 aliphatic heterocycles. The van der Waals surface area contributed by atoms with E-state index < -0.39 is 10.0 Å². The lowest BCUT2D eigenvalue weighted by Crippen LogP contribution is -2.49. The lowest BCUT2D eigenvalue weighted by Gasteiger charge is -2.36. The van der Waals surface area contributed by atoms with Gasteiger partial charge in [0.15, 0.2) is 0 Å². The van der Waals surface area contributed by atoms with Crippen molar-refractivity contribution in [2.75, 3.05) is 37.6 Å². The number of anilines is 1. The van der Waals surface area contributed by atoms with Crippen LogP contribution in [-0.4, -0.2) is 56.9 Å². The number of nitrogens with one attached hydrogen (secondary N) is 1. The highest BCUT2D eigenvalue weighted by molar-refractivity contribution is 7.92. The van der Waals surface area contributed by atoms with Crippen LogP contribution in [0.2, 0.25) is 0 Å². The van der Waals surface area contributed by atoms with Crippen LogP contribution in [0, 0.1) is 6.92 Å². The Morgan fingerprint density at radius 2 is 1.72 bits per heavy atom. The number of aryl methyl sites for hydroxylation is 1. The number of pyridine rings is 1. The molecule has 1 saturated heterocycles. The first-order chi connectivity index (χ1) is 13.9. The highest BCUT2D eigenvalue weighted by Crippen LogP contribution is 2.15. The van der Waals surface area contributed by atoms with Gasteiger partial charge in [0.2, 0.25) is 15.9 Å². The van der Waals surface area contributed by atoms with E-state index in [4.69, 9.17) is 0 Å². The van der Waals surface area contributed by atoms with Crippen LogP contribution < -0.4 is 9.62 Å². The second-order valence-corrected chi connectivity index (χ2v) is 8.63. The highest BCUT2D eigenvalue weighted by atomic mass is 32.2. The Morgan fingerprint density at radius 1 is 1.07 bits per heavy atom. The molecule has 154 valence electrons. The minimum atomic E-state index is -3.58. The van der Waals surface area contributed by atoms with Crippen LogP contribution in [0.1, 0.15) is 17.5 Å². The molecule has 0 spiro atoms. The maximum Gasteiger partial charge on any atom is 0.233 e. The predicted molar refractivity (Wildman–Crippen MR) is 115 cm³/mol. The number of piperazine rings is 1. The Labute approximate surface area is 172 Å². The van der Waals surface area contributed by atoms with Gasteiger partial charge < -0.3 is 9.80 Å². The van der Waals surface area contributed by atoms with E-state index in [1.54, 1.807) is 23.4 Å². The van der Waals surface area contributed by atoms with Crippen LogP contribution in [-0.2, 0) is 14.8 Å². The molecule has 3 rings (SSSR count). The average molecular weight is 415 g/mol. The molecule has 0 bridgehead atoms. The summed E-state index contributed by atoms with van der Waals surface area (Å²) < 4.78 is 26.7. The van der Waals surface area contributed by atoms with Crippen LogP contribution in [0.4, 0.5) is 5.69 Å². The Balaban J connectivity index is 1.42. The maximum atomic E-state index is 12.4. The van der Waals surface area contributed by atoms with Gasteiger partial charge in [-0.3, -0.25) is 9.78 Å². The van der Waals surface area contributed by atoms with E-state index in [1.165, 1.54) is 0 Å². The number of carbonyl (C=O) groups excluding carboxylic acids is 1. The zero-order chi connectivity index (χ0) is 20.7. The molecular weight excluding hydrogens is 388 g/mol. The van der Waals surface area contributed by atoms with Crippen molar-refractivity contribution >= 4 is 27.7 Å². The number of rotatable bonds is 7. The lowest BCUT2D eigenvalue weighted by atomic mass is 10.2. The van der Waals surface area contributed by atoms with Crippen molar-refractivity contribution in [2.45, 2.75) is 13.3 Å². The molecule has 0 unspecified atom stereocenters. The second kappa shape index (κ2) is 9.67. The summed E-state index contributed by atoms with van der Waals surface area (Å²) in [6.07, 6.45) is 5.20. The van der Waals surface area contributed by atoms with Gasteiger partial charge in [0.05, 0.1) is 0 Å². The van der Waals surface area contributed by atoms with E-state index >= 15 is 0 Å². The fraction of sp³-hybridized carbons (Fsp3) is 0.333. The van der Waals surface area contributed by atoms with E-state index in [1.807, 2.05) is 43.3 Å². The van der Waals surface area contributed by atoms with Crippen LogP contribution in [0.15, 0.2) is 54.2 Å². The standard InChI is InChI=1S/C21H26N4O3S/c1-18-2-4-19(5-3-18)9-17-29(27,28)23-12-8-21(26)25-15-13-24(14-16-25)20-6-10-22-11-7-20/h2-7,9-11,17,23H,8,12-16H2,1H3/b17-9+. The summed E-state index contributed by atoms with van der Waals surface area (Å²) in [6.45, 7) is 4.82. The summed E-state index contributed by atoms with van der Waals surface area (Å²) in [5, 5.41) is 1.13. The monoisotopic (exact) mass is 414 g/mol. The minimum Gasteiger partial charge on any atom is -0.368 e. The number of amides is 1. The number of hydrogen-bond acceptors (Lipinski definition) is 5. The highest BCUT2D eigenvalue weighted by Gasteiger charge is 2.21. The number of aromatic nitrogens is 1. The molecule has 2 aromatic rings. The van der Waals surface area contributed by atoms with Gasteiger partial charge in [-0.15, -0.1) is 0 Å². The van der Waals surface area contributed by atoms with Crippen molar-refractivity contribution < 1.29 is 13.2 Å². The van der Waals surface area contributed by atoms with Gasteiger partial charge in [-0.05, 0) is 30.7 Å². The predicted octanol–water partition coefficient (Wildman–Crippen LogP) is 2.02. The topological polar surface area (TPSA) is 82.6 Å². The molecule has 7 nitrogen and oxygen atoms in total. The summed E-state index contributed by atoms with van der Waals surface area (Å²) in [5.41, 5.74) is 3.02. The van der Waals surface area contributed by atoms with Crippen molar-refractivity contribution in [3.05, 3.63) is 65.3 Å². The van der Waals surface area contributed by atoms with Gasteiger partial charge in [0.1, 0.15) is 0 Å². The molecule has 0 saturated carbocycles. The van der Waals surface area contributed by atoms with E-state index in [2.05, 4.69) is 14.6 Å². The van der Waals surface area contributed by atoms with Crippen molar-refractivity contribution in [3.8, 4) is 0 Å². The summed E-state index contributed by atoms with van der Waals surface area (Å²) in [5.74, 6) is -0.0374. The van der Waals surface area contributed by atoms with Gasteiger partial charge in [-0.1, -0.05) is 29.8 Å². The number of hydrogen-bond donors (Lipinski definition) is 1. The quantitative estimate of drug-likeness (QED) is 0.750. The van der Waals surface area contributed by atoms with Gasteiger partial charge in [0, 0.05) is 62.6 Å². The van der Waals surface area contributed by atoms with Crippen LogP contribution >= 0.6 is 0 Å². The maximum absolute atomic E-state index is 12.4. The molecule has 1 fully saturated rings. The first kappa shape index (κ1) is 21.0. The molecule has 1 aliphatic rings. The number of carbonyl (C=O) groups is 1. The first-order valence-corrected chi connectivity index (χ1v) is 11.1. The van der Waals surface area contributed by atoms with E-state index in [-0.39, 0.29) is 18.9 Å². The third-order valence-corrected chi connectivity index (χ3v) is 5.92. The molecule has 2 heterocycles. The Morgan fingerprint density at radius 3 is 2.38 bits per heavy atom. The molecular formula is C21H26N4O3S. The first-order valence-electron chi connectivity index (χ1n) is 9.60. The largest absolute Gasteiger partial charge is 0.368 e. The lowest BCUT2D eigenvalue weighted by molar-refractivity contribution is -0.131. The van der Waals surface area contributed by atoms with E-state index in [0.717, 1.165) is 35.3 Å². The van der Waals surface area contributed by atoms with Crippen LogP contribution in [0.5, 0.6) is 0 Å². The van der Waals surface area contributed by atoms with E-state index in [9.17, 15) is 13.2 Å². The summed E-state index contributed by atoms with van der Waals surface area (Å²) in [7, 11) is -3.58. The summed E-state index contributed by atoms with van der Waals surface area (Å²) in [4.78, 5) is 20.4. The average Bonchev–Trinajstić information content (AvgIpc) is 2.74. The fourth-order valence-corrected chi connectivity index (χ4v) is 3.94. The van der Waals surface area contributed by atoms with Crippen molar-refractivity contribution in [2.24, 2.45) is 0 Å². The van der Waals surface area contributed by atoms with Crippen molar-refractivity contribution in [1.29, 1.82) is 0 Å². The second-order valence-electron chi connectivity index (χ2n) is 6.98. The third-order valence-electron chi connectivity index (χ3n) is 4.82. The summed E-state index contributed by atoms with van der Waals surface area (Å²) >= 11 is 0. The molecule has 1 N–H and O–H groups in total. The third kappa shape index (κ3) is 6.40. The molecule has 0 aliphatic carbocycles. The van der Waals surface area contributed by atoms with Gasteiger partial charge in [0.25, 0.3) is 0 Å². The SMILES string of the molecule is Cc1ccc(/C=C/S(=O)(=O)NCCC(=O)N2CCN(c3ccncc3)CC2)cc1. The molecule has 0 atom stereocenters. The smallest absolute Gasteiger partial charge is 0.233 e. The van der Waals surface area contributed by atoms with Crippen molar-refractivity contribution in [3.63, 3.8) is 0 Å². The minimum absolute atomic E-state index is 0.0374. The molecule has 1 aromatic carbocycles. The molecule has 1 amide bonds. The Kier molecular flexibility index (Phi) is 7.00. The summed E-state index contributed by atoms with van der Waals surface area (Å²) in [6, 6.07) is 11.5. The Bertz CT molecular complexity index is 936. The van der Waals surface area contributed by atoms with E-state index in [0.29, 0.717) is 13.1 Å². The molecule has 8 heteroatoms. The Hall–Kier alpha value is -2.71. The number of nitrogens with zero attached hydrogens (tertiary/aromatic N) is 3. The molecule has 0 radical (unpaired) electrons. The zero-order valence-electron chi connectivity index (χ0n) is 16.5. The van der Waals surface area contributed by atoms with Crippen molar-refractivity contribution in [1.82, 2.24) is 14.6 Å². The zero-order valence-corrected chi connectivity index (χ0v) is 17.3. The number of sulfonamides is 1. The molecule has 29 heavy (non-hydrogen) atoms. The van der Waals surface area contributed by atoms with Gasteiger partial charge >= 0.3 is 0 Å². The molecule has 1 aromatic heterocycles. The number of benzene rings is 1. The normalized spacial score (nSPS) is 15.1. The van der Waals surface area contributed by atoms with Crippen LogP contribution in [0.25, 0.3) is 6.08 Å². The van der Waals surface area contributed by atoms with Crippen LogP contribution in [0.3, 0.4) is 0 Å². The van der Waals surface area contributed by atoms with Gasteiger partial charge in [-0.25, -0.2) is 13.1 Å². The fourth-order valence-electron chi connectivity index (χ4n) is 3.12.